The van der Waals surface area contributed by atoms with Gasteiger partial charge in [-0.15, -0.1) is 0 Å². The fourth-order valence-electron chi connectivity index (χ4n) is 1.78. The summed E-state index contributed by atoms with van der Waals surface area (Å²) in [4.78, 5) is 23.3. The second kappa shape index (κ2) is 9.94. The number of hydrogen-bond donors (Lipinski definition) is 6. The van der Waals surface area contributed by atoms with E-state index in [0.29, 0.717) is 6.42 Å². The van der Waals surface area contributed by atoms with Crippen molar-refractivity contribution in [2.24, 2.45) is 5.41 Å². The van der Waals surface area contributed by atoms with E-state index in [-0.39, 0.29) is 25.2 Å². The second-order valence-electron chi connectivity index (χ2n) is 6.63. The van der Waals surface area contributed by atoms with Crippen LogP contribution in [0.15, 0.2) is 0 Å². The minimum absolute atomic E-state index is 0.0573. The first-order valence-corrected chi connectivity index (χ1v) is 7.63. The van der Waals surface area contributed by atoms with Crippen LogP contribution < -0.4 is 5.32 Å². The van der Waals surface area contributed by atoms with Gasteiger partial charge in [0.2, 0.25) is 5.91 Å². The smallest absolute Gasteiger partial charge is 0.220 e. The fraction of sp³-hybridized carbons (Fsp3) is 0.867. The first-order valence-electron chi connectivity index (χ1n) is 7.63. The van der Waals surface area contributed by atoms with Gasteiger partial charge in [0.1, 0.15) is 24.1 Å². The molecule has 8 nitrogen and oxygen atoms in total. The summed E-state index contributed by atoms with van der Waals surface area (Å²) in [5, 5.41) is 48.8. The Morgan fingerprint density at radius 1 is 0.957 bits per heavy atom. The molecule has 0 aromatic carbocycles. The van der Waals surface area contributed by atoms with Gasteiger partial charge >= 0.3 is 0 Å². The van der Waals surface area contributed by atoms with Crippen molar-refractivity contribution in [1.82, 2.24) is 5.32 Å². The van der Waals surface area contributed by atoms with Crippen molar-refractivity contribution >= 4 is 11.7 Å². The highest BCUT2D eigenvalue weighted by Gasteiger charge is 2.30. The molecule has 6 N–H and O–H groups in total. The minimum Gasteiger partial charge on any atom is -0.394 e. The molecule has 0 saturated heterocycles. The topological polar surface area (TPSA) is 147 Å². The van der Waals surface area contributed by atoms with E-state index in [4.69, 9.17) is 10.2 Å². The summed E-state index contributed by atoms with van der Waals surface area (Å²) in [6.45, 7) is 4.33. The lowest BCUT2D eigenvalue weighted by molar-refractivity contribution is -0.127. The molecule has 0 heterocycles. The Morgan fingerprint density at radius 2 is 1.48 bits per heavy atom. The van der Waals surface area contributed by atoms with Gasteiger partial charge in [-0.05, 0) is 6.42 Å². The first kappa shape index (κ1) is 21.9. The molecule has 4 atom stereocenters. The molecule has 0 unspecified atom stereocenters. The Morgan fingerprint density at radius 3 is 1.96 bits per heavy atom. The molecule has 0 saturated carbocycles. The second-order valence-corrected chi connectivity index (χ2v) is 6.63. The zero-order valence-electron chi connectivity index (χ0n) is 13.9. The van der Waals surface area contributed by atoms with Crippen molar-refractivity contribution in [2.75, 3.05) is 13.2 Å². The molecule has 0 radical (unpaired) electrons. The summed E-state index contributed by atoms with van der Waals surface area (Å²) in [6, 6.07) is 0. The van der Waals surface area contributed by atoms with Crippen molar-refractivity contribution in [2.45, 2.75) is 64.4 Å². The lowest BCUT2D eigenvalue weighted by Gasteiger charge is -2.25. The number of ketones is 1. The van der Waals surface area contributed by atoms with Crippen LogP contribution in [0.2, 0.25) is 0 Å². The van der Waals surface area contributed by atoms with Gasteiger partial charge in [-0.25, -0.2) is 0 Å². The van der Waals surface area contributed by atoms with Crippen LogP contribution in [0.1, 0.15) is 40.0 Å². The number of carbonyl (C=O) groups excluding carboxylic acids is 2. The van der Waals surface area contributed by atoms with E-state index < -0.39 is 42.3 Å². The van der Waals surface area contributed by atoms with Crippen molar-refractivity contribution < 1.29 is 35.1 Å². The third-order valence-corrected chi connectivity index (χ3v) is 3.48. The van der Waals surface area contributed by atoms with E-state index in [9.17, 15) is 24.9 Å². The van der Waals surface area contributed by atoms with Crippen LogP contribution in [0.4, 0.5) is 0 Å². The van der Waals surface area contributed by atoms with Gasteiger partial charge in [0.25, 0.3) is 0 Å². The zero-order valence-corrected chi connectivity index (χ0v) is 13.9. The molecule has 8 heteroatoms. The summed E-state index contributed by atoms with van der Waals surface area (Å²) in [5.74, 6) is -0.336. The number of Topliss-reactive ketones (excluding diaryl/α,β-unsaturated/α-hetero) is 1. The molecule has 1 amide bonds. The summed E-state index contributed by atoms with van der Waals surface area (Å²) in [5.41, 5.74) is -0.444. The van der Waals surface area contributed by atoms with Gasteiger partial charge < -0.3 is 30.8 Å². The highest BCUT2D eigenvalue weighted by Crippen LogP contribution is 2.18. The van der Waals surface area contributed by atoms with E-state index in [1.54, 1.807) is 20.8 Å². The molecule has 136 valence electrons. The fourth-order valence-corrected chi connectivity index (χ4v) is 1.78. The average molecular weight is 335 g/mol. The maximum atomic E-state index is 11.7. The van der Waals surface area contributed by atoms with Crippen molar-refractivity contribution in [3.8, 4) is 0 Å². The van der Waals surface area contributed by atoms with Crippen LogP contribution in [0, 0.1) is 5.41 Å². The number of hydrogen-bond acceptors (Lipinski definition) is 7. The Labute approximate surface area is 136 Å². The van der Waals surface area contributed by atoms with Crippen LogP contribution in [-0.4, -0.2) is 74.8 Å². The van der Waals surface area contributed by atoms with E-state index in [1.165, 1.54) is 0 Å². The van der Waals surface area contributed by atoms with Gasteiger partial charge in [-0.2, -0.15) is 0 Å². The largest absolute Gasteiger partial charge is 0.394 e. The number of amides is 1. The molecule has 0 bridgehead atoms. The quantitative estimate of drug-likeness (QED) is 0.279. The Bertz CT molecular complexity index is 381. The van der Waals surface area contributed by atoms with Crippen molar-refractivity contribution in [1.29, 1.82) is 0 Å². The number of carbonyl (C=O) groups is 2. The number of aliphatic hydroxyl groups excluding tert-OH is 5. The molecule has 23 heavy (non-hydrogen) atoms. The normalized spacial score (nSPS) is 17.2. The Hall–Kier alpha value is -1.06. The molecule has 0 aliphatic rings. The van der Waals surface area contributed by atoms with Crippen LogP contribution >= 0.6 is 0 Å². The Balaban J connectivity index is 4.07. The third-order valence-electron chi connectivity index (χ3n) is 3.48. The third kappa shape index (κ3) is 8.38. The zero-order chi connectivity index (χ0) is 18.2. The maximum Gasteiger partial charge on any atom is 0.220 e. The monoisotopic (exact) mass is 335 g/mol. The molecule has 0 aromatic heterocycles. The predicted molar refractivity (Wildman–Crippen MR) is 82.4 cm³/mol. The van der Waals surface area contributed by atoms with Crippen LogP contribution in [0.5, 0.6) is 0 Å². The van der Waals surface area contributed by atoms with Gasteiger partial charge in [0.05, 0.1) is 12.7 Å². The lowest BCUT2D eigenvalue weighted by Crippen LogP contribution is -2.49. The molecule has 0 aromatic rings. The van der Waals surface area contributed by atoms with Crippen LogP contribution in [-0.2, 0) is 9.59 Å². The summed E-state index contributed by atoms with van der Waals surface area (Å²) in [7, 11) is 0. The predicted octanol–water partition coefficient (Wildman–Crippen LogP) is -1.68. The molecule has 0 rings (SSSR count). The van der Waals surface area contributed by atoms with Gasteiger partial charge in [-0.1, -0.05) is 20.8 Å². The van der Waals surface area contributed by atoms with E-state index >= 15 is 0 Å². The lowest BCUT2D eigenvalue weighted by atomic mass is 9.88. The van der Waals surface area contributed by atoms with Crippen molar-refractivity contribution in [3.05, 3.63) is 0 Å². The van der Waals surface area contributed by atoms with Gasteiger partial charge in [0.15, 0.2) is 0 Å². The highest BCUT2D eigenvalue weighted by atomic mass is 16.4. The van der Waals surface area contributed by atoms with E-state index in [2.05, 4.69) is 5.32 Å². The number of aliphatic hydroxyl groups is 5. The standard InChI is InChI=1S/C15H29NO7/c1-15(2,3)11(20)5-4-6-12(21)16-7-9(18)13(22)14(23)10(19)8-17/h9-10,13-14,17-19,22-23H,4-8H2,1-3H3,(H,16,21)/t9-,10+,13+,14+/m0/s1. The highest BCUT2D eigenvalue weighted by molar-refractivity contribution is 5.84. The van der Waals surface area contributed by atoms with Gasteiger partial charge in [0, 0.05) is 24.8 Å². The van der Waals surface area contributed by atoms with E-state index in [0.717, 1.165) is 0 Å². The molecular formula is C15H29NO7. The number of rotatable bonds is 10. The van der Waals surface area contributed by atoms with Crippen molar-refractivity contribution in [3.63, 3.8) is 0 Å². The first-order chi connectivity index (χ1) is 10.5. The van der Waals surface area contributed by atoms with Gasteiger partial charge in [-0.3, -0.25) is 9.59 Å². The molecule has 0 aliphatic heterocycles. The van der Waals surface area contributed by atoms with Crippen LogP contribution in [0.3, 0.4) is 0 Å². The summed E-state index contributed by atoms with van der Waals surface area (Å²) < 4.78 is 0. The maximum absolute atomic E-state index is 11.7. The summed E-state index contributed by atoms with van der Waals surface area (Å²) in [6.07, 6.45) is -5.75. The molecular weight excluding hydrogens is 306 g/mol. The van der Waals surface area contributed by atoms with Crippen LogP contribution in [0.25, 0.3) is 0 Å². The average Bonchev–Trinajstić information content (AvgIpc) is 2.49. The summed E-state index contributed by atoms with van der Waals surface area (Å²) >= 11 is 0. The molecule has 0 aliphatic carbocycles. The molecule has 0 spiro atoms. The minimum atomic E-state index is -1.73. The number of nitrogens with one attached hydrogen (secondary N) is 1. The SMILES string of the molecule is CC(C)(C)C(=O)CCCC(=O)NC[C@H](O)[C@@H](O)[C@H](O)[C@H](O)CO. The molecule has 0 fully saturated rings. The Kier molecular flexibility index (Phi) is 9.48. The van der Waals surface area contributed by atoms with E-state index in [1.807, 2.05) is 0 Å².